The largest absolute Gasteiger partial charge is 0.382 e. The predicted octanol–water partition coefficient (Wildman–Crippen LogP) is 0.0421. The number of hydrogen-bond donors (Lipinski definition) is 3. The molecule has 1 aromatic heterocycles. The first-order valence-electron chi connectivity index (χ1n) is 7.29. The third-order valence-electron chi connectivity index (χ3n) is 3.93. The number of hydrogen-bond acceptors (Lipinski definition) is 7. The fraction of sp³-hybridized carbons (Fsp3) is 0.692. The summed E-state index contributed by atoms with van der Waals surface area (Å²) < 4.78 is 5.46. The van der Waals surface area contributed by atoms with Crippen molar-refractivity contribution < 1.29 is 9.53 Å². The zero-order valence-corrected chi connectivity index (χ0v) is 12.9. The Hall–Kier alpha value is -1.38. The first-order valence-corrected chi connectivity index (χ1v) is 8.11. The summed E-state index contributed by atoms with van der Waals surface area (Å²) >= 11 is 1.37. The number of amides is 1. The van der Waals surface area contributed by atoms with E-state index in [0.29, 0.717) is 17.3 Å². The number of rotatable bonds is 3. The molecule has 0 spiro atoms. The second kappa shape index (κ2) is 6.17. The van der Waals surface area contributed by atoms with Crippen LogP contribution in [0.25, 0.3) is 0 Å². The van der Waals surface area contributed by atoms with Gasteiger partial charge in [0.1, 0.15) is 10.7 Å². The van der Waals surface area contributed by atoms with Crippen LogP contribution in [0.1, 0.15) is 23.0 Å². The minimum absolute atomic E-state index is 0.0516. The maximum atomic E-state index is 12.4. The number of aromatic nitrogens is 1. The fourth-order valence-electron chi connectivity index (χ4n) is 2.63. The van der Waals surface area contributed by atoms with Gasteiger partial charge < -0.3 is 26.0 Å². The molecule has 8 heteroatoms. The van der Waals surface area contributed by atoms with Gasteiger partial charge in [-0.2, -0.15) is 0 Å². The van der Waals surface area contributed by atoms with Crippen LogP contribution in [0.5, 0.6) is 0 Å². The number of carbonyl (C=O) groups is 1. The standard InChI is InChI=1S/C13H21N5O2S/c1-8-9(2-7-20-8)16-12(19)10-11(14)17-13(21-10)18-5-3-15-4-6-18/h8-9,15H,2-7,14H2,1H3,(H,16,19). The van der Waals surface area contributed by atoms with Crippen LogP contribution in [-0.2, 0) is 4.74 Å². The molecule has 3 heterocycles. The van der Waals surface area contributed by atoms with Crippen LogP contribution in [0, 0.1) is 0 Å². The lowest BCUT2D eigenvalue weighted by Gasteiger charge is -2.26. The van der Waals surface area contributed by atoms with Gasteiger partial charge in [0.25, 0.3) is 5.91 Å². The van der Waals surface area contributed by atoms with E-state index in [2.05, 4.69) is 20.5 Å². The predicted molar refractivity (Wildman–Crippen MR) is 82.9 cm³/mol. The van der Waals surface area contributed by atoms with Gasteiger partial charge in [-0.15, -0.1) is 0 Å². The molecule has 1 amide bonds. The molecule has 0 bridgehead atoms. The van der Waals surface area contributed by atoms with Crippen molar-refractivity contribution in [1.29, 1.82) is 0 Å². The van der Waals surface area contributed by atoms with Gasteiger partial charge in [-0.1, -0.05) is 11.3 Å². The van der Waals surface area contributed by atoms with Crippen LogP contribution in [0.2, 0.25) is 0 Å². The summed E-state index contributed by atoms with van der Waals surface area (Å²) in [6.45, 7) is 6.30. The van der Waals surface area contributed by atoms with E-state index in [9.17, 15) is 4.79 Å². The molecule has 2 fully saturated rings. The van der Waals surface area contributed by atoms with Crippen LogP contribution < -0.4 is 21.3 Å². The van der Waals surface area contributed by atoms with E-state index in [0.717, 1.165) is 37.7 Å². The summed E-state index contributed by atoms with van der Waals surface area (Å²) in [5, 5.41) is 7.12. The molecule has 2 aliphatic heterocycles. The fourth-order valence-corrected chi connectivity index (χ4v) is 3.57. The van der Waals surface area contributed by atoms with Crippen molar-refractivity contribution >= 4 is 28.2 Å². The van der Waals surface area contributed by atoms with Crippen molar-refractivity contribution in [2.75, 3.05) is 43.4 Å². The van der Waals surface area contributed by atoms with E-state index in [1.54, 1.807) is 0 Å². The zero-order chi connectivity index (χ0) is 14.8. The van der Waals surface area contributed by atoms with Gasteiger partial charge in [-0.25, -0.2) is 4.98 Å². The summed E-state index contributed by atoms with van der Waals surface area (Å²) in [7, 11) is 0. The number of nitrogen functional groups attached to an aromatic ring is 1. The highest BCUT2D eigenvalue weighted by Gasteiger charge is 2.28. The second-order valence-corrected chi connectivity index (χ2v) is 6.37. The molecule has 0 saturated carbocycles. The Balaban J connectivity index is 1.69. The molecule has 0 aliphatic carbocycles. The van der Waals surface area contributed by atoms with E-state index < -0.39 is 0 Å². The van der Waals surface area contributed by atoms with E-state index in [1.807, 2.05) is 6.92 Å². The first-order chi connectivity index (χ1) is 10.1. The molecule has 0 radical (unpaired) electrons. The highest BCUT2D eigenvalue weighted by Crippen LogP contribution is 2.28. The van der Waals surface area contributed by atoms with Crippen LogP contribution in [-0.4, -0.2) is 55.8 Å². The van der Waals surface area contributed by atoms with E-state index in [1.165, 1.54) is 11.3 Å². The number of carbonyl (C=O) groups excluding carboxylic acids is 1. The third kappa shape index (κ3) is 3.12. The molecule has 0 aromatic carbocycles. The molecule has 116 valence electrons. The number of ether oxygens (including phenoxy) is 1. The normalized spacial score (nSPS) is 26.0. The third-order valence-corrected chi connectivity index (χ3v) is 5.06. The quantitative estimate of drug-likeness (QED) is 0.730. The molecular formula is C13H21N5O2S. The number of nitrogens with zero attached hydrogens (tertiary/aromatic N) is 2. The summed E-state index contributed by atoms with van der Waals surface area (Å²) in [5.41, 5.74) is 5.92. The zero-order valence-electron chi connectivity index (χ0n) is 12.1. The minimum atomic E-state index is -0.145. The average molecular weight is 311 g/mol. The molecule has 21 heavy (non-hydrogen) atoms. The average Bonchev–Trinajstić information content (AvgIpc) is 3.06. The SMILES string of the molecule is CC1OCCC1NC(=O)c1sc(N2CCNCC2)nc1N. The summed E-state index contributed by atoms with van der Waals surface area (Å²) in [6.07, 6.45) is 0.895. The number of nitrogens with two attached hydrogens (primary N) is 1. The number of piperazine rings is 1. The Kier molecular flexibility index (Phi) is 4.27. The second-order valence-electron chi connectivity index (χ2n) is 5.39. The Morgan fingerprint density at radius 3 is 2.95 bits per heavy atom. The molecule has 2 atom stereocenters. The molecule has 2 saturated heterocycles. The van der Waals surface area contributed by atoms with Crippen LogP contribution >= 0.6 is 11.3 Å². The van der Waals surface area contributed by atoms with E-state index in [-0.39, 0.29) is 18.1 Å². The van der Waals surface area contributed by atoms with Crippen LogP contribution in [0.3, 0.4) is 0 Å². The molecule has 2 aliphatic rings. The topological polar surface area (TPSA) is 92.5 Å². The van der Waals surface area contributed by atoms with Gasteiger partial charge in [0.2, 0.25) is 0 Å². The lowest BCUT2D eigenvalue weighted by molar-refractivity contribution is 0.0870. The van der Waals surface area contributed by atoms with Gasteiger partial charge in [-0.3, -0.25) is 4.79 Å². The van der Waals surface area contributed by atoms with Crippen molar-refractivity contribution in [2.24, 2.45) is 0 Å². The number of nitrogens with one attached hydrogen (secondary N) is 2. The van der Waals surface area contributed by atoms with Gasteiger partial charge in [0, 0.05) is 32.8 Å². The van der Waals surface area contributed by atoms with Crippen molar-refractivity contribution in [3.8, 4) is 0 Å². The van der Waals surface area contributed by atoms with Gasteiger partial charge in [0.15, 0.2) is 5.13 Å². The molecule has 7 nitrogen and oxygen atoms in total. The highest BCUT2D eigenvalue weighted by atomic mass is 32.1. The summed E-state index contributed by atoms with van der Waals surface area (Å²) in [5.74, 6) is 0.173. The van der Waals surface area contributed by atoms with Crippen molar-refractivity contribution in [1.82, 2.24) is 15.6 Å². The Morgan fingerprint density at radius 2 is 2.29 bits per heavy atom. The monoisotopic (exact) mass is 311 g/mol. The van der Waals surface area contributed by atoms with Crippen molar-refractivity contribution in [3.63, 3.8) is 0 Å². The van der Waals surface area contributed by atoms with Crippen molar-refractivity contribution in [2.45, 2.75) is 25.5 Å². The van der Waals surface area contributed by atoms with E-state index in [4.69, 9.17) is 10.5 Å². The number of anilines is 2. The van der Waals surface area contributed by atoms with E-state index >= 15 is 0 Å². The number of thiazole rings is 1. The molecule has 2 unspecified atom stereocenters. The van der Waals surface area contributed by atoms with Crippen LogP contribution in [0.4, 0.5) is 10.9 Å². The minimum Gasteiger partial charge on any atom is -0.382 e. The molecule has 1 aromatic rings. The van der Waals surface area contributed by atoms with Crippen LogP contribution in [0.15, 0.2) is 0 Å². The summed E-state index contributed by atoms with van der Waals surface area (Å²) in [6, 6.07) is 0.0571. The van der Waals surface area contributed by atoms with Gasteiger partial charge in [-0.05, 0) is 13.3 Å². The lowest BCUT2D eigenvalue weighted by atomic mass is 10.1. The maximum absolute atomic E-state index is 12.4. The molecular weight excluding hydrogens is 290 g/mol. The van der Waals surface area contributed by atoms with Gasteiger partial charge >= 0.3 is 0 Å². The first kappa shape index (κ1) is 14.6. The van der Waals surface area contributed by atoms with Crippen molar-refractivity contribution in [3.05, 3.63) is 4.88 Å². The highest BCUT2D eigenvalue weighted by molar-refractivity contribution is 7.18. The lowest BCUT2D eigenvalue weighted by Crippen LogP contribution is -2.43. The van der Waals surface area contributed by atoms with Gasteiger partial charge in [0.05, 0.1) is 12.1 Å². The molecule has 4 N–H and O–H groups in total. The Morgan fingerprint density at radius 1 is 1.52 bits per heavy atom. The Bertz CT molecular complexity index is 515. The maximum Gasteiger partial charge on any atom is 0.265 e. The smallest absolute Gasteiger partial charge is 0.265 e. The summed E-state index contributed by atoms with van der Waals surface area (Å²) in [4.78, 5) is 19.4. The Labute approximate surface area is 127 Å². The molecule has 3 rings (SSSR count).